The van der Waals surface area contributed by atoms with E-state index in [2.05, 4.69) is 20.9 Å². The molecule has 0 bridgehead atoms. The molecule has 1 amide bonds. The van der Waals surface area contributed by atoms with Gasteiger partial charge in [-0.1, -0.05) is 0 Å². The van der Waals surface area contributed by atoms with E-state index in [9.17, 15) is 13.2 Å². The summed E-state index contributed by atoms with van der Waals surface area (Å²) in [6.07, 6.45) is 2.08. The lowest BCUT2D eigenvalue weighted by Gasteiger charge is -2.14. The topological polar surface area (TPSA) is 109 Å². The molecule has 1 saturated heterocycles. The molecule has 0 unspecified atom stereocenters. The van der Waals surface area contributed by atoms with E-state index >= 15 is 0 Å². The van der Waals surface area contributed by atoms with E-state index < -0.39 is 10.0 Å². The number of carbonyl (C=O) groups is 1. The summed E-state index contributed by atoms with van der Waals surface area (Å²) in [6.45, 7) is 2.65. The second kappa shape index (κ2) is 8.38. The number of rotatable bonds is 6. The Balaban J connectivity index is 1.83. The van der Waals surface area contributed by atoms with Gasteiger partial charge in [0.2, 0.25) is 5.91 Å². The fourth-order valence-electron chi connectivity index (χ4n) is 2.15. The number of ether oxygens (including phenoxy) is 1. The number of thiocarbonyl (C=S) groups is 1. The Morgan fingerprint density at radius 3 is 2.62 bits per heavy atom. The highest BCUT2D eigenvalue weighted by Gasteiger charge is 2.17. The molecule has 1 heterocycles. The molecule has 1 aliphatic heterocycles. The first-order valence-corrected chi connectivity index (χ1v) is 9.31. The van der Waals surface area contributed by atoms with E-state index in [1.807, 2.05) is 0 Å². The molecule has 0 radical (unpaired) electrons. The Bertz CT molecular complexity index is 685. The Morgan fingerprint density at radius 1 is 1.33 bits per heavy atom. The number of hydrogen-bond donors (Lipinski definition) is 4. The van der Waals surface area contributed by atoms with Gasteiger partial charge in [-0.15, -0.1) is 4.83 Å². The van der Waals surface area contributed by atoms with Gasteiger partial charge in [0.1, 0.15) is 0 Å². The second-order valence-corrected chi connectivity index (χ2v) is 7.37. The monoisotopic (exact) mass is 372 g/mol. The van der Waals surface area contributed by atoms with E-state index in [1.165, 1.54) is 31.2 Å². The van der Waals surface area contributed by atoms with Crippen LogP contribution in [-0.2, 0) is 19.6 Å². The van der Waals surface area contributed by atoms with Crippen molar-refractivity contribution in [3.63, 3.8) is 0 Å². The number of amides is 1. The highest BCUT2D eigenvalue weighted by molar-refractivity contribution is 7.89. The standard InChI is InChI=1S/C14H20N4O4S2/c1-10(19)16-11-4-6-13(7-5-11)24(20,21)18-17-14(23)15-9-12-3-2-8-22-12/h4-7,12,18H,2-3,8-9H2,1H3,(H,16,19)(H2,15,17,23)/t12-/m0/s1. The SMILES string of the molecule is CC(=O)Nc1ccc(S(=O)(=O)NNC(=S)NC[C@@H]2CCCO2)cc1. The zero-order valence-electron chi connectivity index (χ0n) is 13.2. The van der Waals surface area contributed by atoms with Crippen molar-refractivity contribution in [2.75, 3.05) is 18.5 Å². The van der Waals surface area contributed by atoms with Gasteiger partial charge in [-0.3, -0.25) is 10.2 Å². The van der Waals surface area contributed by atoms with Crippen molar-refractivity contribution in [3.05, 3.63) is 24.3 Å². The largest absolute Gasteiger partial charge is 0.376 e. The number of anilines is 1. The summed E-state index contributed by atoms with van der Waals surface area (Å²) in [5.41, 5.74) is 2.97. The van der Waals surface area contributed by atoms with Crippen LogP contribution >= 0.6 is 12.2 Å². The van der Waals surface area contributed by atoms with Crippen molar-refractivity contribution in [2.24, 2.45) is 0 Å². The molecule has 24 heavy (non-hydrogen) atoms. The molecule has 1 aromatic carbocycles. The highest BCUT2D eigenvalue weighted by atomic mass is 32.2. The molecule has 1 fully saturated rings. The summed E-state index contributed by atoms with van der Waals surface area (Å²) in [5, 5.41) is 5.64. The molecule has 0 aliphatic carbocycles. The zero-order valence-corrected chi connectivity index (χ0v) is 14.8. The number of carbonyl (C=O) groups excluding carboxylic acids is 1. The lowest BCUT2D eigenvalue weighted by atomic mass is 10.2. The summed E-state index contributed by atoms with van der Waals surface area (Å²) < 4.78 is 29.8. The molecule has 10 heteroatoms. The van der Waals surface area contributed by atoms with E-state index in [4.69, 9.17) is 17.0 Å². The quantitative estimate of drug-likeness (QED) is 0.425. The number of hydrogen-bond acceptors (Lipinski definition) is 5. The number of sulfonamides is 1. The van der Waals surface area contributed by atoms with Gasteiger partial charge >= 0.3 is 0 Å². The summed E-state index contributed by atoms with van der Waals surface area (Å²) in [4.78, 5) is 13.2. The van der Waals surface area contributed by atoms with Crippen LogP contribution in [0.3, 0.4) is 0 Å². The van der Waals surface area contributed by atoms with Gasteiger partial charge in [-0.05, 0) is 49.3 Å². The fourth-order valence-corrected chi connectivity index (χ4v) is 3.20. The van der Waals surface area contributed by atoms with Gasteiger partial charge < -0.3 is 15.4 Å². The third-order valence-corrected chi connectivity index (χ3v) is 4.81. The van der Waals surface area contributed by atoms with E-state index in [0.717, 1.165) is 19.4 Å². The van der Waals surface area contributed by atoms with Crippen LogP contribution in [0.15, 0.2) is 29.2 Å². The van der Waals surface area contributed by atoms with Gasteiger partial charge in [0.15, 0.2) is 5.11 Å². The minimum Gasteiger partial charge on any atom is -0.376 e. The average molecular weight is 372 g/mol. The fraction of sp³-hybridized carbons (Fsp3) is 0.429. The molecular weight excluding hydrogens is 352 g/mol. The van der Waals surface area contributed by atoms with E-state index in [0.29, 0.717) is 12.2 Å². The van der Waals surface area contributed by atoms with Crippen LogP contribution in [0.5, 0.6) is 0 Å². The molecule has 0 saturated carbocycles. The van der Waals surface area contributed by atoms with Crippen LogP contribution in [0.2, 0.25) is 0 Å². The molecule has 0 aromatic heterocycles. The first-order chi connectivity index (χ1) is 11.4. The predicted molar refractivity (Wildman–Crippen MR) is 93.8 cm³/mol. The summed E-state index contributed by atoms with van der Waals surface area (Å²) >= 11 is 5.02. The van der Waals surface area contributed by atoms with Crippen LogP contribution in [0.25, 0.3) is 0 Å². The molecule has 0 spiro atoms. The average Bonchev–Trinajstić information content (AvgIpc) is 3.04. The first-order valence-electron chi connectivity index (χ1n) is 7.42. The van der Waals surface area contributed by atoms with Crippen molar-refractivity contribution in [1.82, 2.24) is 15.6 Å². The first kappa shape index (κ1) is 18.6. The maximum absolute atomic E-state index is 12.2. The van der Waals surface area contributed by atoms with Gasteiger partial charge in [0.05, 0.1) is 11.0 Å². The van der Waals surface area contributed by atoms with Gasteiger partial charge in [-0.2, -0.15) is 0 Å². The smallest absolute Gasteiger partial charge is 0.257 e. The maximum Gasteiger partial charge on any atom is 0.257 e. The summed E-state index contributed by atoms with van der Waals surface area (Å²) in [5.74, 6) is -0.229. The molecule has 2 rings (SSSR count). The van der Waals surface area contributed by atoms with E-state index in [-0.39, 0.29) is 22.0 Å². The minimum atomic E-state index is -3.77. The van der Waals surface area contributed by atoms with Crippen molar-refractivity contribution in [3.8, 4) is 0 Å². The Labute approximate surface area is 146 Å². The lowest BCUT2D eigenvalue weighted by molar-refractivity contribution is -0.114. The maximum atomic E-state index is 12.2. The van der Waals surface area contributed by atoms with Crippen LogP contribution in [-0.4, -0.2) is 38.7 Å². The van der Waals surface area contributed by atoms with Gasteiger partial charge in [0, 0.05) is 25.8 Å². The van der Waals surface area contributed by atoms with E-state index in [1.54, 1.807) is 0 Å². The summed E-state index contributed by atoms with van der Waals surface area (Å²) in [7, 11) is -3.77. The molecule has 4 N–H and O–H groups in total. The van der Waals surface area contributed by atoms with Crippen LogP contribution in [0.1, 0.15) is 19.8 Å². The molecule has 8 nitrogen and oxygen atoms in total. The normalized spacial score (nSPS) is 17.3. The third-order valence-electron chi connectivity index (χ3n) is 3.30. The Morgan fingerprint density at radius 2 is 2.04 bits per heavy atom. The van der Waals surface area contributed by atoms with Crippen LogP contribution in [0, 0.1) is 0 Å². The Hall–Kier alpha value is -1.75. The number of hydrazine groups is 1. The van der Waals surface area contributed by atoms with Crippen molar-refractivity contribution >= 4 is 38.9 Å². The molecule has 1 aliphatic rings. The van der Waals surface area contributed by atoms with Gasteiger partial charge in [-0.25, -0.2) is 8.42 Å². The molecule has 1 aromatic rings. The van der Waals surface area contributed by atoms with Gasteiger partial charge in [0.25, 0.3) is 10.0 Å². The molecule has 1 atom stereocenters. The second-order valence-electron chi connectivity index (χ2n) is 5.28. The van der Waals surface area contributed by atoms with Crippen molar-refractivity contribution in [2.45, 2.75) is 30.8 Å². The predicted octanol–water partition coefficient (Wildman–Crippen LogP) is 0.481. The van der Waals surface area contributed by atoms with Crippen molar-refractivity contribution in [1.29, 1.82) is 0 Å². The highest BCUT2D eigenvalue weighted by Crippen LogP contribution is 2.13. The zero-order chi connectivity index (χ0) is 17.6. The summed E-state index contributed by atoms with van der Waals surface area (Å²) in [6, 6.07) is 5.78. The molecular formula is C14H20N4O4S2. The van der Waals surface area contributed by atoms with Crippen LogP contribution in [0.4, 0.5) is 5.69 Å². The number of benzene rings is 1. The minimum absolute atomic E-state index is 0.0472. The van der Waals surface area contributed by atoms with Crippen molar-refractivity contribution < 1.29 is 17.9 Å². The number of nitrogens with one attached hydrogen (secondary N) is 4. The van der Waals surface area contributed by atoms with Crippen LogP contribution < -0.4 is 20.9 Å². The Kier molecular flexibility index (Phi) is 6.49. The third kappa shape index (κ3) is 5.71. The lowest BCUT2D eigenvalue weighted by Crippen LogP contribution is -2.48. The molecule has 132 valence electrons.